The van der Waals surface area contributed by atoms with Crippen molar-refractivity contribution in [2.75, 3.05) is 6.54 Å². The summed E-state index contributed by atoms with van der Waals surface area (Å²) in [6, 6.07) is 7.93. The molecule has 2 nitrogen and oxygen atoms in total. The van der Waals surface area contributed by atoms with E-state index in [1.807, 2.05) is 30.3 Å². The van der Waals surface area contributed by atoms with Gasteiger partial charge in [0.15, 0.2) is 0 Å². The van der Waals surface area contributed by atoms with Crippen LogP contribution < -0.4 is 5.73 Å². The zero-order valence-electron chi connectivity index (χ0n) is 9.24. The minimum Gasteiger partial charge on any atom is -0.384 e. The Balaban J connectivity index is 2.69. The summed E-state index contributed by atoms with van der Waals surface area (Å²) in [6.07, 6.45) is 4.05. The van der Waals surface area contributed by atoms with Crippen LogP contribution in [0.3, 0.4) is 0 Å². The Labute approximate surface area is 91.5 Å². The van der Waals surface area contributed by atoms with Crippen LogP contribution in [0.1, 0.15) is 30.9 Å². The molecule has 0 radical (unpaired) electrons. The predicted octanol–water partition coefficient (Wildman–Crippen LogP) is 2.84. The molecule has 1 aromatic rings. The van der Waals surface area contributed by atoms with Gasteiger partial charge in [0.25, 0.3) is 0 Å². The molecule has 0 unspecified atom stereocenters. The highest BCUT2D eigenvalue weighted by molar-refractivity contribution is 5.97. The second-order valence-electron chi connectivity index (χ2n) is 3.45. The van der Waals surface area contributed by atoms with Gasteiger partial charge in [0.1, 0.15) is 5.84 Å². The van der Waals surface area contributed by atoms with E-state index < -0.39 is 0 Å². The first-order chi connectivity index (χ1) is 7.27. The first kappa shape index (κ1) is 11.5. The van der Waals surface area contributed by atoms with E-state index >= 15 is 0 Å². The largest absolute Gasteiger partial charge is 0.384 e. The van der Waals surface area contributed by atoms with Crippen molar-refractivity contribution in [3.05, 3.63) is 42.0 Å². The van der Waals surface area contributed by atoms with Crippen molar-refractivity contribution in [1.82, 2.24) is 0 Å². The van der Waals surface area contributed by atoms with Crippen LogP contribution in [0.2, 0.25) is 0 Å². The molecule has 15 heavy (non-hydrogen) atoms. The second-order valence-corrected chi connectivity index (χ2v) is 3.45. The van der Waals surface area contributed by atoms with Crippen LogP contribution in [0.4, 0.5) is 0 Å². The van der Waals surface area contributed by atoms with Gasteiger partial charge in [-0.25, -0.2) is 0 Å². The molecule has 2 N–H and O–H groups in total. The quantitative estimate of drug-likeness (QED) is 0.445. The number of nitrogens with two attached hydrogens (primary N) is 1. The van der Waals surface area contributed by atoms with E-state index in [-0.39, 0.29) is 0 Å². The standard InChI is InChI=1S/C13H18N2/c1-3-5-10-15-13(14)12-8-6-11(4-2)7-9-12/h4,6-9H,2-3,5,10H2,1H3,(H2,14,15). The first-order valence-electron chi connectivity index (χ1n) is 5.30. The molecule has 80 valence electrons. The molecule has 0 saturated carbocycles. The molecule has 0 amide bonds. The lowest BCUT2D eigenvalue weighted by molar-refractivity contribution is 0.807. The van der Waals surface area contributed by atoms with E-state index in [1.54, 1.807) is 0 Å². The summed E-state index contributed by atoms with van der Waals surface area (Å²) < 4.78 is 0. The van der Waals surface area contributed by atoms with Crippen LogP contribution in [-0.4, -0.2) is 12.4 Å². The number of rotatable bonds is 5. The first-order valence-corrected chi connectivity index (χ1v) is 5.30. The highest BCUT2D eigenvalue weighted by Crippen LogP contribution is 2.05. The third-order valence-corrected chi connectivity index (χ3v) is 2.24. The average Bonchev–Trinajstić information content (AvgIpc) is 2.29. The molecule has 0 bridgehead atoms. The van der Waals surface area contributed by atoms with E-state index in [2.05, 4.69) is 18.5 Å². The van der Waals surface area contributed by atoms with E-state index in [4.69, 9.17) is 5.73 Å². The van der Waals surface area contributed by atoms with Crippen LogP contribution >= 0.6 is 0 Å². The fraction of sp³-hybridized carbons (Fsp3) is 0.308. The smallest absolute Gasteiger partial charge is 0.125 e. The third kappa shape index (κ3) is 3.58. The molecular formula is C13H18N2. The Morgan fingerprint density at radius 2 is 2.07 bits per heavy atom. The number of aliphatic imine (C=N–C) groups is 1. The van der Waals surface area contributed by atoms with Gasteiger partial charge < -0.3 is 5.73 Å². The second kappa shape index (κ2) is 6.02. The molecule has 0 fully saturated rings. The summed E-state index contributed by atoms with van der Waals surface area (Å²) in [5, 5.41) is 0. The summed E-state index contributed by atoms with van der Waals surface area (Å²) in [6.45, 7) is 6.66. The monoisotopic (exact) mass is 202 g/mol. The SMILES string of the molecule is C=Cc1ccc(C(N)=NCCCC)cc1. The summed E-state index contributed by atoms with van der Waals surface area (Å²) in [5.74, 6) is 0.624. The minimum absolute atomic E-state index is 0.624. The van der Waals surface area contributed by atoms with Crippen molar-refractivity contribution in [2.24, 2.45) is 10.7 Å². The predicted molar refractivity (Wildman–Crippen MR) is 67.0 cm³/mol. The Morgan fingerprint density at radius 1 is 1.40 bits per heavy atom. The van der Waals surface area contributed by atoms with Crippen molar-refractivity contribution in [3.8, 4) is 0 Å². The van der Waals surface area contributed by atoms with Crippen LogP contribution in [0, 0.1) is 0 Å². The van der Waals surface area contributed by atoms with Crippen molar-refractivity contribution in [3.63, 3.8) is 0 Å². The van der Waals surface area contributed by atoms with E-state index in [1.165, 1.54) is 0 Å². The van der Waals surface area contributed by atoms with Gasteiger partial charge in [-0.2, -0.15) is 0 Å². The highest BCUT2D eigenvalue weighted by atomic mass is 14.8. The zero-order valence-corrected chi connectivity index (χ0v) is 9.24. The topological polar surface area (TPSA) is 38.4 Å². The Bertz CT molecular complexity index is 336. The number of hydrogen-bond donors (Lipinski definition) is 1. The van der Waals surface area contributed by atoms with Gasteiger partial charge in [-0.05, 0) is 12.0 Å². The highest BCUT2D eigenvalue weighted by Gasteiger charge is 1.96. The van der Waals surface area contributed by atoms with Crippen LogP contribution in [0.5, 0.6) is 0 Å². The molecule has 0 aliphatic carbocycles. The van der Waals surface area contributed by atoms with E-state index in [0.29, 0.717) is 5.84 Å². The maximum Gasteiger partial charge on any atom is 0.125 e. The van der Waals surface area contributed by atoms with Crippen molar-refractivity contribution < 1.29 is 0 Å². The molecule has 0 heterocycles. The molecule has 1 rings (SSSR count). The third-order valence-electron chi connectivity index (χ3n) is 2.24. The lowest BCUT2D eigenvalue weighted by Gasteiger charge is -2.01. The Morgan fingerprint density at radius 3 is 2.60 bits per heavy atom. The lowest BCUT2D eigenvalue weighted by Crippen LogP contribution is -2.13. The number of benzene rings is 1. The minimum atomic E-state index is 0.624. The normalized spacial score (nSPS) is 11.4. The molecule has 0 aliphatic heterocycles. The molecule has 0 atom stereocenters. The summed E-state index contributed by atoms with van der Waals surface area (Å²) in [5.41, 5.74) is 7.93. The van der Waals surface area contributed by atoms with Crippen molar-refractivity contribution >= 4 is 11.9 Å². The maximum absolute atomic E-state index is 5.85. The molecule has 0 spiro atoms. The molecule has 0 aromatic heterocycles. The van der Waals surface area contributed by atoms with Gasteiger partial charge in [-0.15, -0.1) is 0 Å². The van der Waals surface area contributed by atoms with Crippen LogP contribution in [-0.2, 0) is 0 Å². The molecular weight excluding hydrogens is 184 g/mol. The van der Waals surface area contributed by atoms with Gasteiger partial charge >= 0.3 is 0 Å². The van der Waals surface area contributed by atoms with Gasteiger partial charge in [0.2, 0.25) is 0 Å². The molecule has 0 saturated heterocycles. The summed E-state index contributed by atoms with van der Waals surface area (Å²) in [4.78, 5) is 4.31. The number of amidine groups is 1. The Hall–Kier alpha value is -1.57. The van der Waals surface area contributed by atoms with Gasteiger partial charge in [0.05, 0.1) is 0 Å². The molecule has 1 aromatic carbocycles. The average molecular weight is 202 g/mol. The Kier molecular flexibility index (Phi) is 4.61. The summed E-state index contributed by atoms with van der Waals surface area (Å²) in [7, 11) is 0. The number of unbranched alkanes of at least 4 members (excludes halogenated alkanes) is 1. The van der Waals surface area contributed by atoms with Crippen LogP contribution in [0.25, 0.3) is 6.08 Å². The fourth-order valence-corrected chi connectivity index (χ4v) is 1.24. The van der Waals surface area contributed by atoms with Gasteiger partial charge in [0, 0.05) is 12.1 Å². The van der Waals surface area contributed by atoms with Crippen LogP contribution in [0.15, 0.2) is 35.8 Å². The summed E-state index contributed by atoms with van der Waals surface area (Å²) >= 11 is 0. The fourth-order valence-electron chi connectivity index (χ4n) is 1.24. The molecule has 0 aliphatic rings. The van der Waals surface area contributed by atoms with Crippen molar-refractivity contribution in [2.45, 2.75) is 19.8 Å². The van der Waals surface area contributed by atoms with Gasteiger partial charge in [-0.3, -0.25) is 4.99 Å². The molecule has 2 heteroatoms. The maximum atomic E-state index is 5.85. The van der Waals surface area contributed by atoms with Crippen molar-refractivity contribution in [1.29, 1.82) is 0 Å². The van der Waals surface area contributed by atoms with E-state index in [0.717, 1.165) is 30.5 Å². The number of nitrogens with zero attached hydrogens (tertiary/aromatic N) is 1. The van der Waals surface area contributed by atoms with E-state index in [9.17, 15) is 0 Å². The zero-order chi connectivity index (χ0) is 11.1. The van der Waals surface area contributed by atoms with Gasteiger partial charge in [-0.1, -0.05) is 50.3 Å². The lowest BCUT2D eigenvalue weighted by atomic mass is 10.1. The number of hydrogen-bond acceptors (Lipinski definition) is 1.